The second-order valence-corrected chi connectivity index (χ2v) is 11.3. The molecule has 1 aliphatic heterocycles. The molecule has 0 fully saturated rings. The van der Waals surface area contributed by atoms with Crippen molar-refractivity contribution in [2.45, 2.75) is 58.0 Å². The minimum atomic E-state index is -1.94. The third-order valence-corrected chi connectivity index (χ3v) is 8.31. The highest BCUT2D eigenvalue weighted by Gasteiger charge is 2.40. The summed E-state index contributed by atoms with van der Waals surface area (Å²) in [5.74, 6) is -0.769. The second-order valence-electron chi connectivity index (χ2n) is 6.48. The molecule has 0 amide bonds. The summed E-state index contributed by atoms with van der Waals surface area (Å²) >= 11 is 0. The van der Waals surface area contributed by atoms with Crippen LogP contribution in [0.4, 0.5) is 0 Å². The summed E-state index contributed by atoms with van der Waals surface area (Å²) < 4.78 is 16.5. The molecule has 1 heterocycles. The molecular weight excluding hydrogens is 276 g/mol. The molecule has 0 unspecified atom stereocenters. The standard InChI is InChI=1S/C14H24O5Si/c1-10(15)19-13-11(16)7-8-17-12(13)9-18-20(5,6)14(2,3)4/h7-8,12-13H,9H2,1-6H3/t12-,13-/m1/s1. The van der Waals surface area contributed by atoms with E-state index in [1.54, 1.807) is 0 Å². The van der Waals surface area contributed by atoms with Gasteiger partial charge in [-0.1, -0.05) is 20.8 Å². The Morgan fingerprint density at radius 2 is 2.00 bits per heavy atom. The minimum absolute atomic E-state index is 0.0679. The Labute approximate surface area is 121 Å². The van der Waals surface area contributed by atoms with Crippen molar-refractivity contribution in [3.63, 3.8) is 0 Å². The molecule has 0 radical (unpaired) electrons. The predicted octanol–water partition coefficient (Wildman–Crippen LogP) is 2.42. The molecule has 0 bridgehead atoms. The van der Waals surface area contributed by atoms with Gasteiger partial charge in [0.2, 0.25) is 11.9 Å². The van der Waals surface area contributed by atoms with E-state index in [4.69, 9.17) is 13.9 Å². The van der Waals surface area contributed by atoms with Crippen molar-refractivity contribution in [1.29, 1.82) is 0 Å². The van der Waals surface area contributed by atoms with E-state index in [0.717, 1.165) is 0 Å². The molecule has 0 saturated carbocycles. The quantitative estimate of drug-likeness (QED) is 0.589. The Balaban J connectivity index is 2.72. The van der Waals surface area contributed by atoms with Crippen LogP contribution in [-0.2, 0) is 23.5 Å². The lowest BCUT2D eigenvalue weighted by Crippen LogP contribution is -2.48. The van der Waals surface area contributed by atoms with Crippen molar-refractivity contribution in [3.8, 4) is 0 Å². The Morgan fingerprint density at radius 1 is 1.40 bits per heavy atom. The fraction of sp³-hybridized carbons (Fsp3) is 0.714. The minimum Gasteiger partial charge on any atom is -0.491 e. The molecule has 0 aliphatic carbocycles. The fourth-order valence-corrected chi connectivity index (χ4v) is 2.52. The number of carbonyl (C=O) groups excluding carboxylic acids is 2. The van der Waals surface area contributed by atoms with Crippen LogP contribution >= 0.6 is 0 Å². The molecule has 6 heteroatoms. The molecule has 1 rings (SSSR count). The highest BCUT2D eigenvalue weighted by Crippen LogP contribution is 2.36. The van der Waals surface area contributed by atoms with E-state index >= 15 is 0 Å². The highest BCUT2D eigenvalue weighted by molar-refractivity contribution is 6.74. The van der Waals surface area contributed by atoms with Crippen LogP contribution in [0.5, 0.6) is 0 Å². The lowest BCUT2D eigenvalue weighted by atomic mass is 10.1. The molecule has 5 nitrogen and oxygen atoms in total. The van der Waals surface area contributed by atoms with Gasteiger partial charge in [-0.05, 0) is 18.1 Å². The van der Waals surface area contributed by atoms with Crippen molar-refractivity contribution < 1.29 is 23.5 Å². The fourth-order valence-electron chi connectivity index (χ4n) is 1.50. The normalized spacial score (nSPS) is 23.4. The smallest absolute Gasteiger partial charge is 0.303 e. The number of rotatable bonds is 4. The summed E-state index contributed by atoms with van der Waals surface area (Å²) in [5, 5.41) is 0.0679. The van der Waals surface area contributed by atoms with Crippen LogP contribution in [0.1, 0.15) is 27.7 Å². The molecule has 1 aliphatic rings. The Kier molecular flexibility index (Phi) is 5.15. The van der Waals surface area contributed by atoms with Gasteiger partial charge in [0, 0.05) is 13.0 Å². The molecule has 0 aromatic rings. The Hall–Kier alpha value is -1.14. The number of carbonyl (C=O) groups is 2. The van der Waals surface area contributed by atoms with Gasteiger partial charge in [0.15, 0.2) is 14.4 Å². The molecule has 2 atom stereocenters. The van der Waals surface area contributed by atoms with E-state index in [9.17, 15) is 9.59 Å². The molecule has 0 aromatic carbocycles. The van der Waals surface area contributed by atoms with Crippen molar-refractivity contribution in [2.75, 3.05) is 6.61 Å². The molecule has 20 heavy (non-hydrogen) atoms. The second kappa shape index (κ2) is 6.09. The SMILES string of the molecule is CC(=O)O[C@@H]1C(=O)C=CO[C@@H]1CO[Si](C)(C)C(C)(C)C. The van der Waals surface area contributed by atoms with Gasteiger partial charge in [-0.15, -0.1) is 0 Å². The number of esters is 1. The maximum atomic E-state index is 11.8. The average molecular weight is 300 g/mol. The van der Waals surface area contributed by atoms with Gasteiger partial charge in [0.05, 0.1) is 12.9 Å². The van der Waals surface area contributed by atoms with Gasteiger partial charge in [-0.2, -0.15) is 0 Å². The average Bonchev–Trinajstić information content (AvgIpc) is 2.28. The van der Waals surface area contributed by atoms with E-state index in [2.05, 4.69) is 33.9 Å². The number of ketones is 1. The van der Waals surface area contributed by atoms with Crippen LogP contribution in [0, 0.1) is 0 Å². The van der Waals surface area contributed by atoms with Gasteiger partial charge in [-0.25, -0.2) is 0 Å². The monoisotopic (exact) mass is 300 g/mol. The Morgan fingerprint density at radius 3 is 2.50 bits per heavy atom. The number of hydrogen-bond acceptors (Lipinski definition) is 5. The topological polar surface area (TPSA) is 61.8 Å². The first-order valence-electron chi connectivity index (χ1n) is 6.71. The van der Waals surface area contributed by atoms with Crippen molar-refractivity contribution >= 4 is 20.1 Å². The zero-order valence-corrected chi connectivity index (χ0v) is 14.1. The molecule has 0 N–H and O–H groups in total. The first kappa shape index (κ1) is 16.9. The maximum absolute atomic E-state index is 11.8. The first-order chi connectivity index (χ1) is 9.04. The summed E-state index contributed by atoms with van der Waals surface area (Å²) in [4.78, 5) is 22.9. The molecule has 114 valence electrons. The maximum Gasteiger partial charge on any atom is 0.303 e. The summed E-state index contributed by atoms with van der Waals surface area (Å²) in [6, 6.07) is 0. The number of hydrogen-bond donors (Lipinski definition) is 0. The molecule has 0 aromatic heterocycles. The van der Waals surface area contributed by atoms with E-state index < -0.39 is 26.5 Å². The summed E-state index contributed by atoms with van der Waals surface area (Å²) in [5.41, 5.74) is 0. The van der Waals surface area contributed by atoms with Gasteiger partial charge in [0.25, 0.3) is 0 Å². The third-order valence-electron chi connectivity index (χ3n) is 3.81. The van der Waals surface area contributed by atoms with Crippen molar-refractivity contribution in [1.82, 2.24) is 0 Å². The van der Waals surface area contributed by atoms with E-state index in [1.165, 1.54) is 19.3 Å². The Bertz CT molecular complexity index is 408. The van der Waals surface area contributed by atoms with Crippen LogP contribution in [0.3, 0.4) is 0 Å². The van der Waals surface area contributed by atoms with Crippen LogP contribution in [0.25, 0.3) is 0 Å². The summed E-state index contributed by atoms with van der Waals surface area (Å²) in [7, 11) is -1.94. The van der Waals surface area contributed by atoms with Gasteiger partial charge in [0.1, 0.15) is 0 Å². The largest absolute Gasteiger partial charge is 0.491 e. The lowest BCUT2D eigenvalue weighted by molar-refractivity contribution is -0.161. The molecule has 0 spiro atoms. The van der Waals surface area contributed by atoms with Crippen molar-refractivity contribution in [3.05, 3.63) is 12.3 Å². The number of ether oxygens (including phenoxy) is 2. The first-order valence-corrected chi connectivity index (χ1v) is 9.62. The van der Waals surface area contributed by atoms with E-state index in [1.807, 2.05) is 0 Å². The summed E-state index contributed by atoms with van der Waals surface area (Å²) in [6.45, 7) is 12.2. The third kappa shape index (κ3) is 4.18. The molecule has 0 saturated heterocycles. The van der Waals surface area contributed by atoms with Crippen molar-refractivity contribution in [2.24, 2.45) is 0 Å². The lowest BCUT2D eigenvalue weighted by Gasteiger charge is -2.38. The highest BCUT2D eigenvalue weighted by atomic mass is 28.4. The van der Waals surface area contributed by atoms with Crippen LogP contribution in [0.2, 0.25) is 18.1 Å². The van der Waals surface area contributed by atoms with E-state index in [-0.39, 0.29) is 17.4 Å². The van der Waals surface area contributed by atoms with Crippen LogP contribution in [0.15, 0.2) is 12.3 Å². The summed E-state index contributed by atoms with van der Waals surface area (Å²) in [6.07, 6.45) is 1.12. The van der Waals surface area contributed by atoms with Crippen LogP contribution in [-0.4, -0.2) is 38.9 Å². The van der Waals surface area contributed by atoms with Crippen LogP contribution < -0.4 is 0 Å². The zero-order valence-electron chi connectivity index (χ0n) is 13.1. The molecular formula is C14H24O5Si. The van der Waals surface area contributed by atoms with Gasteiger partial charge >= 0.3 is 5.97 Å². The zero-order chi connectivity index (χ0) is 15.6. The van der Waals surface area contributed by atoms with E-state index in [0.29, 0.717) is 0 Å². The van der Waals surface area contributed by atoms with Gasteiger partial charge < -0.3 is 13.9 Å². The predicted molar refractivity (Wildman–Crippen MR) is 77.7 cm³/mol. The van der Waals surface area contributed by atoms with Gasteiger partial charge in [-0.3, -0.25) is 9.59 Å².